The number of thioether (sulfide) groups is 1. The Balaban J connectivity index is 1.61. The molecule has 0 aliphatic carbocycles. The van der Waals surface area contributed by atoms with Crippen LogP contribution in [0.2, 0.25) is 0 Å². The van der Waals surface area contributed by atoms with E-state index >= 15 is 0 Å². The highest BCUT2D eigenvalue weighted by molar-refractivity contribution is 7.98. The Labute approximate surface area is 177 Å². The van der Waals surface area contributed by atoms with E-state index < -0.39 is 0 Å². The first-order chi connectivity index (χ1) is 14.8. The third kappa shape index (κ3) is 3.15. The molecule has 5 aromatic rings. The lowest BCUT2D eigenvalue weighted by Crippen LogP contribution is -2.23. The van der Waals surface area contributed by atoms with Gasteiger partial charge >= 0.3 is 0 Å². The summed E-state index contributed by atoms with van der Waals surface area (Å²) in [5.74, 6) is 1.32. The zero-order valence-electron chi connectivity index (χ0n) is 16.7. The minimum Gasteiger partial charge on any atom is -0.276 e. The number of para-hydroxylation sites is 2. The molecule has 3 heterocycles. The Hall–Kier alpha value is -3.19. The Morgan fingerprint density at radius 3 is 2.77 bits per heavy atom. The molecule has 30 heavy (non-hydrogen) atoms. The summed E-state index contributed by atoms with van der Waals surface area (Å²) in [7, 11) is 0. The van der Waals surface area contributed by atoms with Crippen molar-refractivity contribution in [1.82, 2.24) is 24.1 Å². The molecular weight excluding hydrogens is 394 g/mol. The molecule has 0 amide bonds. The van der Waals surface area contributed by atoms with Crippen LogP contribution < -0.4 is 5.56 Å². The van der Waals surface area contributed by atoms with Crippen LogP contribution >= 0.6 is 11.8 Å². The van der Waals surface area contributed by atoms with Gasteiger partial charge in [0.2, 0.25) is 5.78 Å². The molecule has 0 radical (unpaired) electrons. The van der Waals surface area contributed by atoms with Crippen molar-refractivity contribution in [2.75, 3.05) is 0 Å². The summed E-state index contributed by atoms with van der Waals surface area (Å²) in [4.78, 5) is 17.6. The number of pyridine rings is 1. The summed E-state index contributed by atoms with van der Waals surface area (Å²) < 4.78 is 3.76. The van der Waals surface area contributed by atoms with Crippen LogP contribution in [-0.2, 0) is 12.3 Å². The van der Waals surface area contributed by atoms with Crippen molar-refractivity contribution in [3.8, 4) is 0 Å². The third-order valence-electron chi connectivity index (χ3n) is 5.29. The summed E-state index contributed by atoms with van der Waals surface area (Å²) in [6.07, 6.45) is 3.75. The average molecular weight is 416 g/mol. The van der Waals surface area contributed by atoms with Gasteiger partial charge in [-0.15, -0.1) is 10.2 Å². The first kappa shape index (κ1) is 18.8. The van der Waals surface area contributed by atoms with Gasteiger partial charge < -0.3 is 0 Å². The first-order valence-corrected chi connectivity index (χ1v) is 11.1. The van der Waals surface area contributed by atoms with Crippen LogP contribution in [0.4, 0.5) is 0 Å². The molecule has 0 atom stereocenters. The number of fused-ring (bicyclic) bond motifs is 4. The Kier molecular flexibility index (Phi) is 4.96. The number of hydrogen-bond acceptors (Lipinski definition) is 5. The van der Waals surface area contributed by atoms with E-state index in [9.17, 15) is 4.79 Å². The molecule has 0 fully saturated rings. The Morgan fingerprint density at radius 1 is 1.00 bits per heavy atom. The Bertz CT molecular complexity index is 1420. The van der Waals surface area contributed by atoms with Gasteiger partial charge in [-0.2, -0.15) is 0 Å². The van der Waals surface area contributed by atoms with Crippen LogP contribution in [0.25, 0.3) is 27.6 Å². The fourth-order valence-corrected chi connectivity index (χ4v) is 4.70. The van der Waals surface area contributed by atoms with Crippen molar-refractivity contribution in [2.45, 2.75) is 37.2 Å². The van der Waals surface area contributed by atoms with Crippen LogP contribution in [0.5, 0.6) is 0 Å². The zero-order valence-corrected chi connectivity index (χ0v) is 17.5. The van der Waals surface area contributed by atoms with Gasteiger partial charge in [0.15, 0.2) is 5.16 Å². The van der Waals surface area contributed by atoms with Crippen LogP contribution in [0, 0.1) is 0 Å². The largest absolute Gasteiger partial charge is 0.276 e. The molecule has 3 aromatic heterocycles. The SMILES string of the molecule is CCCCn1c(=O)c2ccccc2n2c(SCc3cccc4cccnc34)nnc12. The predicted molar refractivity (Wildman–Crippen MR) is 121 cm³/mol. The van der Waals surface area contributed by atoms with Gasteiger partial charge in [-0.25, -0.2) is 0 Å². The smallest absolute Gasteiger partial charge is 0.262 e. The molecule has 0 aliphatic rings. The van der Waals surface area contributed by atoms with Gasteiger partial charge in [-0.3, -0.25) is 18.7 Å². The van der Waals surface area contributed by atoms with E-state index in [1.165, 1.54) is 0 Å². The topological polar surface area (TPSA) is 65.1 Å². The normalized spacial score (nSPS) is 11.6. The number of aromatic nitrogens is 5. The van der Waals surface area contributed by atoms with Gasteiger partial charge in [0.05, 0.1) is 16.4 Å². The van der Waals surface area contributed by atoms with E-state index in [4.69, 9.17) is 0 Å². The fourth-order valence-electron chi connectivity index (χ4n) is 3.77. The van der Waals surface area contributed by atoms with Crippen molar-refractivity contribution in [1.29, 1.82) is 0 Å². The fraction of sp³-hybridized carbons (Fsp3) is 0.217. The quantitative estimate of drug-likeness (QED) is 0.377. The standard InChI is InChI=1S/C23H21N5OS/c1-2-3-14-27-21(29)18-11-4-5-12-19(18)28-22(27)25-26-23(28)30-15-17-9-6-8-16-10-7-13-24-20(16)17/h4-13H,2-3,14-15H2,1H3. The molecule has 0 N–H and O–H groups in total. The molecule has 0 unspecified atom stereocenters. The van der Waals surface area contributed by atoms with Crippen LogP contribution in [0.15, 0.2) is 70.7 Å². The highest BCUT2D eigenvalue weighted by Crippen LogP contribution is 2.27. The number of rotatable bonds is 6. The van der Waals surface area contributed by atoms with E-state index in [1.54, 1.807) is 16.3 Å². The van der Waals surface area contributed by atoms with Crippen LogP contribution in [-0.4, -0.2) is 24.1 Å². The number of aryl methyl sites for hydroxylation is 1. The van der Waals surface area contributed by atoms with Crippen molar-refractivity contribution < 1.29 is 0 Å². The maximum Gasteiger partial charge on any atom is 0.262 e. The van der Waals surface area contributed by atoms with Gasteiger partial charge in [-0.1, -0.05) is 61.5 Å². The van der Waals surface area contributed by atoms with E-state index in [0.29, 0.717) is 17.7 Å². The maximum atomic E-state index is 13.1. The highest BCUT2D eigenvalue weighted by atomic mass is 32.2. The molecule has 6 nitrogen and oxygen atoms in total. The lowest BCUT2D eigenvalue weighted by atomic mass is 10.1. The highest BCUT2D eigenvalue weighted by Gasteiger charge is 2.17. The van der Waals surface area contributed by atoms with Gasteiger partial charge in [-0.05, 0) is 30.2 Å². The second-order valence-electron chi connectivity index (χ2n) is 7.23. The number of nitrogens with zero attached hydrogens (tertiary/aromatic N) is 5. The molecule has 0 saturated heterocycles. The van der Waals surface area contributed by atoms with E-state index in [0.717, 1.165) is 45.7 Å². The first-order valence-electron chi connectivity index (χ1n) is 10.1. The predicted octanol–water partition coefficient (Wildman–Crippen LogP) is 4.68. The molecule has 0 bridgehead atoms. The van der Waals surface area contributed by atoms with Crippen molar-refractivity contribution >= 4 is 39.3 Å². The van der Waals surface area contributed by atoms with Crippen LogP contribution in [0.3, 0.4) is 0 Å². The molecule has 5 rings (SSSR count). The molecule has 0 aliphatic heterocycles. The Morgan fingerprint density at radius 2 is 1.87 bits per heavy atom. The summed E-state index contributed by atoms with van der Waals surface area (Å²) in [5.41, 5.74) is 2.99. The lowest BCUT2D eigenvalue weighted by molar-refractivity contribution is 0.620. The molecular formula is C23H21N5OS. The monoisotopic (exact) mass is 415 g/mol. The van der Waals surface area contributed by atoms with E-state index in [-0.39, 0.29) is 5.56 Å². The molecule has 7 heteroatoms. The van der Waals surface area contributed by atoms with Gasteiger partial charge in [0.1, 0.15) is 0 Å². The van der Waals surface area contributed by atoms with Crippen molar-refractivity contribution in [3.63, 3.8) is 0 Å². The van der Waals surface area contributed by atoms with Gasteiger partial charge in [0, 0.05) is 23.9 Å². The number of hydrogen-bond donors (Lipinski definition) is 0. The summed E-state index contributed by atoms with van der Waals surface area (Å²) >= 11 is 1.61. The molecule has 0 spiro atoms. The maximum absolute atomic E-state index is 13.1. The summed E-state index contributed by atoms with van der Waals surface area (Å²) in [6.45, 7) is 2.76. The van der Waals surface area contributed by atoms with Crippen molar-refractivity contribution in [2.24, 2.45) is 0 Å². The summed E-state index contributed by atoms with van der Waals surface area (Å²) in [6, 6.07) is 17.9. The minimum atomic E-state index is -0.00578. The molecule has 2 aromatic carbocycles. The average Bonchev–Trinajstić information content (AvgIpc) is 3.21. The number of benzene rings is 2. The number of unbranched alkanes of at least 4 members (excludes halogenated alkanes) is 1. The second kappa shape index (κ2) is 7.91. The van der Waals surface area contributed by atoms with E-state index in [1.807, 2.05) is 40.9 Å². The van der Waals surface area contributed by atoms with E-state index in [2.05, 4.69) is 46.4 Å². The third-order valence-corrected chi connectivity index (χ3v) is 6.26. The minimum absolute atomic E-state index is 0.00578. The lowest BCUT2D eigenvalue weighted by Gasteiger charge is -2.11. The van der Waals surface area contributed by atoms with Crippen molar-refractivity contribution in [3.05, 3.63) is 76.7 Å². The van der Waals surface area contributed by atoms with Gasteiger partial charge in [0.25, 0.3) is 5.56 Å². The molecule has 0 saturated carbocycles. The second-order valence-corrected chi connectivity index (χ2v) is 8.17. The molecule has 150 valence electrons. The van der Waals surface area contributed by atoms with Crippen LogP contribution in [0.1, 0.15) is 25.3 Å². The summed E-state index contributed by atoms with van der Waals surface area (Å²) in [5, 5.41) is 11.4. The zero-order chi connectivity index (χ0) is 20.5.